The van der Waals surface area contributed by atoms with Crippen LogP contribution in [0.5, 0.6) is 11.5 Å². The van der Waals surface area contributed by atoms with E-state index < -0.39 is 0 Å². The van der Waals surface area contributed by atoms with E-state index in [1.165, 1.54) is 11.3 Å². The smallest absolute Gasteiger partial charge is 0.350 e. The zero-order valence-corrected chi connectivity index (χ0v) is 15.5. The van der Waals surface area contributed by atoms with Gasteiger partial charge in [-0.05, 0) is 42.6 Å². The van der Waals surface area contributed by atoms with Crippen LogP contribution in [0.3, 0.4) is 0 Å². The number of ether oxygens (including phenoxy) is 3. The fraction of sp³-hybridized carbons (Fsp3) is 0.222. The van der Waals surface area contributed by atoms with Gasteiger partial charge in [-0.2, -0.15) is 11.3 Å². The summed E-state index contributed by atoms with van der Waals surface area (Å²) in [5, 5.41) is 4.83. The summed E-state index contributed by atoms with van der Waals surface area (Å²) in [5.41, 5.74) is 1.72. The van der Waals surface area contributed by atoms with E-state index in [2.05, 4.69) is 4.98 Å². The van der Waals surface area contributed by atoms with Gasteiger partial charge in [-0.15, -0.1) is 11.3 Å². The monoisotopic (exact) mass is 375 g/mol. The number of hydrogen-bond donors (Lipinski definition) is 0. The van der Waals surface area contributed by atoms with E-state index >= 15 is 0 Å². The van der Waals surface area contributed by atoms with Crippen molar-refractivity contribution in [2.24, 2.45) is 0 Å². The minimum Gasteiger partial charge on any atom is -0.497 e. The molecule has 2 aromatic heterocycles. The summed E-state index contributed by atoms with van der Waals surface area (Å²) >= 11 is 2.95. The number of nitrogens with zero attached hydrogens (tertiary/aromatic N) is 1. The van der Waals surface area contributed by atoms with E-state index in [4.69, 9.17) is 14.2 Å². The predicted octanol–water partition coefficient (Wildman–Crippen LogP) is 4.42. The Bertz CT molecular complexity index is 825. The van der Waals surface area contributed by atoms with Crippen molar-refractivity contribution in [2.45, 2.75) is 6.92 Å². The maximum absolute atomic E-state index is 12.2. The summed E-state index contributed by atoms with van der Waals surface area (Å²) in [6, 6.07) is 9.23. The summed E-state index contributed by atoms with van der Waals surface area (Å²) in [5.74, 6) is 1.10. The van der Waals surface area contributed by atoms with Gasteiger partial charge in [-0.25, -0.2) is 9.78 Å². The molecule has 0 bridgehead atoms. The summed E-state index contributed by atoms with van der Waals surface area (Å²) in [6.07, 6.45) is 0. The summed E-state index contributed by atoms with van der Waals surface area (Å²) in [7, 11) is 1.61. The van der Waals surface area contributed by atoms with Crippen LogP contribution < -0.4 is 9.47 Å². The second kappa shape index (κ2) is 8.13. The molecule has 0 aliphatic carbocycles. The molecule has 0 aliphatic heterocycles. The van der Waals surface area contributed by atoms with Gasteiger partial charge in [0.15, 0.2) is 0 Å². The first-order valence-corrected chi connectivity index (χ1v) is 9.37. The molecule has 0 fully saturated rings. The number of carbonyl (C=O) groups is 1. The molecule has 0 atom stereocenters. The van der Waals surface area contributed by atoms with Crippen LogP contribution in [0.4, 0.5) is 0 Å². The van der Waals surface area contributed by atoms with Crippen LogP contribution in [0.1, 0.15) is 15.4 Å². The van der Waals surface area contributed by atoms with E-state index in [1.807, 2.05) is 35.9 Å². The maximum atomic E-state index is 12.2. The van der Waals surface area contributed by atoms with Crippen molar-refractivity contribution < 1.29 is 19.0 Å². The first-order valence-electron chi connectivity index (χ1n) is 7.61. The van der Waals surface area contributed by atoms with Crippen LogP contribution in [-0.2, 0) is 4.74 Å². The number of thiophene rings is 1. The van der Waals surface area contributed by atoms with E-state index in [9.17, 15) is 4.79 Å². The van der Waals surface area contributed by atoms with Crippen LogP contribution >= 0.6 is 22.7 Å². The highest BCUT2D eigenvalue weighted by atomic mass is 32.1. The lowest BCUT2D eigenvalue weighted by Crippen LogP contribution is -2.12. The van der Waals surface area contributed by atoms with Crippen LogP contribution in [0, 0.1) is 6.92 Å². The highest BCUT2D eigenvalue weighted by Gasteiger charge is 2.17. The zero-order valence-electron chi connectivity index (χ0n) is 13.9. The highest BCUT2D eigenvalue weighted by molar-refractivity contribution is 7.17. The molecule has 0 radical (unpaired) electrons. The molecule has 2 heterocycles. The first kappa shape index (κ1) is 17.4. The molecule has 0 spiro atoms. The Morgan fingerprint density at radius 2 is 1.88 bits per heavy atom. The quantitative estimate of drug-likeness (QED) is 0.452. The van der Waals surface area contributed by atoms with Gasteiger partial charge < -0.3 is 14.2 Å². The van der Waals surface area contributed by atoms with E-state index in [0.717, 1.165) is 16.3 Å². The molecule has 3 aromatic rings. The lowest BCUT2D eigenvalue weighted by atomic mass is 10.3. The van der Waals surface area contributed by atoms with Crippen LogP contribution in [0.2, 0.25) is 0 Å². The van der Waals surface area contributed by atoms with Crippen molar-refractivity contribution in [3.05, 3.63) is 51.7 Å². The number of aryl methyl sites for hydroxylation is 1. The number of esters is 1. The lowest BCUT2D eigenvalue weighted by Gasteiger charge is -2.07. The van der Waals surface area contributed by atoms with Crippen LogP contribution in [-0.4, -0.2) is 31.3 Å². The molecule has 0 amide bonds. The molecule has 0 saturated carbocycles. The fourth-order valence-electron chi connectivity index (χ4n) is 2.13. The fourth-order valence-corrected chi connectivity index (χ4v) is 3.80. The Morgan fingerprint density at radius 3 is 2.56 bits per heavy atom. The molecule has 0 saturated heterocycles. The number of methoxy groups -OCH3 is 1. The number of hydrogen-bond acceptors (Lipinski definition) is 7. The minimum absolute atomic E-state index is 0.177. The Kier molecular flexibility index (Phi) is 5.67. The van der Waals surface area contributed by atoms with Crippen molar-refractivity contribution in [3.8, 4) is 22.1 Å². The topological polar surface area (TPSA) is 57.7 Å². The molecule has 1 aromatic carbocycles. The van der Waals surface area contributed by atoms with Gasteiger partial charge in [0.1, 0.15) is 34.6 Å². The standard InChI is InChI=1S/C18H17NO4S2/c1-12-16(25-17(19-12)13-7-10-24-11-13)18(20)23-9-8-22-15-5-3-14(21-2)4-6-15/h3-7,10-11H,8-9H2,1-2H3. The SMILES string of the molecule is COc1ccc(OCCOC(=O)c2sc(-c3ccsc3)nc2C)cc1. The van der Waals surface area contributed by atoms with Gasteiger partial charge in [-0.1, -0.05) is 0 Å². The van der Waals surface area contributed by atoms with Gasteiger partial charge >= 0.3 is 5.97 Å². The average Bonchev–Trinajstić information content (AvgIpc) is 3.28. The Labute approximate surface area is 153 Å². The zero-order chi connectivity index (χ0) is 17.6. The molecule has 130 valence electrons. The Balaban J connectivity index is 1.51. The highest BCUT2D eigenvalue weighted by Crippen LogP contribution is 2.29. The summed E-state index contributed by atoms with van der Waals surface area (Å²) in [6.45, 7) is 2.28. The van der Waals surface area contributed by atoms with E-state index in [1.54, 1.807) is 30.6 Å². The third-order valence-corrected chi connectivity index (χ3v) is 5.26. The predicted molar refractivity (Wildman–Crippen MR) is 98.9 cm³/mol. The summed E-state index contributed by atoms with van der Waals surface area (Å²) < 4.78 is 15.9. The van der Waals surface area contributed by atoms with E-state index in [0.29, 0.717) is 16.3 Å². The minimum atomic E-state index is -0.366. The first-order chi connectivity index (χ1) is 12.2. The molecule has 3 rings (SSSR count). The van der Waals surface area contributed by atoms with Crippen molar-refractivity contribution in [1.82, 2.24) is 4.98 Å². The molecular formula is C18H17NO4S2. The average molecular weight is 375 g/mol. The summed E-state index contributed by atoms with van der Waals surface area (Å²) in [4.78, 5) is 17.2. The van der Waals surface area contributed by atoms with Crippen LogP contribution in [0.15, 0.2) is 41.1 Å². The van der Waals surface area contributed by atoms with Gasteiger partial charge in [0.2, 0.25) is 0 Å². The molecule has 0 aliphatic rings. The third-order valence-electron chi connectivity index (χ3n) is 3.39. The molecule has 5 nitrogen and oxygen atoms in total. The number of rotatable bonds is 7. The molecular weight excluding hydrogens is 358 g/mol. The van der Waals surface area contributed by atoms with Crippen molar-refractivity contribution in [2.75, 3.05) is 20.3 Å². The second-order valence-corrected chi connectivity index (χ2v) is 6.88. The molecule has 0 unspecified atom stereocenters. The normalized spacial score (nSPS) is 10.5. The second-order valence-electron chi connectivity index (χ2n) is 5.11. The van der Waals surface area contributed by atoms with Crippen LogP contribution in [0.25, 0.3) is 10.6 Å². The molecule has 0 N–H and O–H groups in total. The van der Waals surface area contributed by atoms with Crippen molar-refractivity contribution in [1.29, 1.82) is 0 Å². The van der Waals surface area contributed by atoms with E-state index in [-0.39, 0.29) is 19.2 Å². The van der Waals surface area contributed by atoms with Gasteiger partial charge in [-0.3, -0.25) is 0 Å². The maximum Gasteiger partial charge on any atom is 0.350 e. The number of carbonyl (C=O) groups excluding carboxylic acids is 1. The van der Waals surface area contributed by atoms with Crippen molar-refractivity contribution >= 4 is 28.6 Å². The number of aromatic nitrogens is 1. The lowest BCUT2D eigenvalue weighted by molar-refractivity contribution is 0.0455. The number of benzene rings is 1. The van der Waals surface area contributed by atoms with Gasteiger partial charge in [0.25, 0.3) is 0 Å². The number of thiazole rings is 1. The van der Waals surface area contributed by atoms with Gasteiger partial charge in [0, 0.05) is 10.9 Å². The van der Waals surface area contributed by atoms with Gasteiger partial charge in [0.05, 0.1) is 12.8 Å². The molecule has 25 heavy (non-hydrogen) atoms. The Hall–Kier alpha value is -2.38. The third kappa shape index (κ3) is 4.37. The molecule has 7 heteroatoms. The van der Waals surface area contributed by atoms with Crippen molar-refractivity contribution in [3.63, 3.8) is 0 Å². The largest absolute Gasteiger partial charge is 0.497 e. The Morgan fingerprint density at radius 1 is 1.12 bits per heavy atom.